The standard InChI is InChI=1S/C42H52N2O4S/c1-40(2,3)39(45)25-12-9-15-28-43-36-27-26-32(49(46,47)48)30-34(36)42(6,7)38(43)24-16-23-37-41(4,5)33-21-13-14-22-35(33)44(37)29-17-20-31-18-10-8-11-19-31/h8,10-11,13-14,16,18-19,21-24,26-27,30H,9,12,15,17,20,25,28-29H2,1-7H3/p+1. The number of unbranched alkanes of at least 4 members (excludes halogenated alkanes) is 2. The van der Waals surface area contributed by atoms with E-state index in [1.54, 1.807) is 6.07 Å². The van der Waals surface area contributed by atoms with Crippen LogP contribution in [0.2, 0.25) is 0 Å². The monoisotopic (exact) mass is 681 g/mol. The van der Waals surface area contributed by atoms with E-state index in [-0.39, 0.29) is 21.5 Å². The maximum absolute atomic E-state index is 12.5. The van der Waals surface area contributed by atoms with E-state index in [2.05, 4.69) is 110 Å². The first-order valence-electron chi connectivity index (χ1n) is 17.6. The van der Waals surface area contributed by atoms with Gasteiger partial charge < -0.3 is 4.90 Å². The fourth-order valence-electron chi connectivity index (χ4n) is 7.36. The maximum Gasteiger partial charge on any atom is 0.294 e. The summed E-state index contributed by atoms with van der Waals surface area (Å²) < 4.78 is 36.6. The largest absolute Gasteiger partial charge is 0.344 e. The summed E-state index contributed by atoms with van der Waals surface area (Å²) in [6, 6.07) is 24.2. The van der Waals surface area contributed by atoms with Gasteiger partial charge >= 0.3 is 0 Å². The first kappa shape index (κ1) is 36.5. The Labute approximate surface area is 294 Å². The van der Waals surface area contributed by atoms with E-state index < -0.39 is 15.5 Å². The lowest BCUT2D eigenvalue weighted by Crippen LogP contribution is -2.28. The van der Waals surface area contributed by atoms with Crippen LogP contribution < -0.4 is 4.90 Å². The molecule has 0 aromatic heterocycles. The van der Waals surface area contributed by atoms with E-state index in [4.69, 9.17) is 0 Å². The number of anilines is 1. The van der Waals surface area contributed by atoms with Crippen LogP contribution in [0.3, 0.4) is 0 Å². The average molecular weight is 682 g/mol. The van der Waals surface area contributed by atoms with Crippen molar-refractivity contribution < 1.29 is 22.3 Å². The molecule has 3 aromatic carbocycles. The van der Waals surface area contributed by atoms with Crippen LogP contribution in [-0.2, 0) is 32.2 Å². The predicted molar refractivity (Wildman–Crippen MR) is 201 cm³/mol. The van der Waals surface area contributed by atoms with Crippen molar-refractivity contribution in [1.82, 2.24) is 0 Å². The summed E-state index contributed by atoms with van der Waals surface area (Å²) in [5.74, 6) is 0.284. The number of fused-ring (bicyclic) bond motifs is 2. The number of para-hydroxylation sites is 1. The van der Waals surface area contributed by atoms with Gasteiger partial charge in [0.05, 0.1) is 10.3 Å². The van der Waals surface area contributed by atoms with Crippen LogP contribution in [0.25, 0.3) is 0 Å². The topological polar surface area (TPSA) is 77.7 Å². The summed E-state index contributed by atoms with van der Waals surface area (Å²) in [5.41, 5.74) is 7.05. The average Bonchev–Trinajstić information content (AvgIpc) is 3.39. The van der Waals surface area contributed by atoms with Crippen molar-refractivity contribution in [3.05, 3.63) is 113 Å². The van der Waals surface area contributed by atoms with E-state index in [9.17, 15) is 17.8 Å². The Morgan fingerprint density at radius 1 is 0.857 bits per heavy atom. The Bertz CT molecular complexity index is 1890. The fraction of sp³-hybridized carbons (Fsp3) is 0.429. The number of allylic oxidation sites excluding steroid dienone is 4. The molecule has 0 spiro atoms. The minimum atomic E-state index is -4.35. The number of aryl methyl sites for hydroxylation is 1. The zero-order valence-corrected chi connectivity index (χ0v) is 31.1. The minimum Gasteiger partial charge on any atom is -0.344 e. The Hall–Kier alpha value is -3.81. The second-order valence-corrected chi connectivity index (χ2v) is 17.0. The van der Waals surface area contributed by atoms with E-state index >= 15 is 0 Å². The van der Waals surface area contributed by atoms with Gasteiger partial charge in [-0.05, 0) is 68.5 Å². The molecule has 0 aliphatic carbocycles. The molecule has 0 saturated carbocycles. The van der Waals surface area contributed by atoms with Gasteiger partial charge in [0, 0.05) is 59.3 Å². The number of hydrogen-bond acceptors (Lipinski definition) is 4. The molecule has 2 aliphatic rings. The third-order valence-electron chi connectivity index (χ3n) is 10.3. The highest BCUT2D eigenvalue weighted by atomic mass is 32.2. The summed E-state index contributed by atoms with van der Waals surface area (Å²) in [7, 11) is -4.35. The second kappa shape index (κ2) is 14.2. The number of ketones is 1. The summed E-state index contributed by atoms with van der Waals surface area (Å²) in [6.45, 7) is 16.4. The van der Waals surface area contributed by atoms with Crippen molar-refractivity contribution >= 4 is 33.0 Å². The first-order valence-corrected chi connectivity index (χ1v) is 19.1. The third-order valence-corrected chi connectivity index (χ3v) is 11.1. The zero-order valence-electron chi connectivity index (χ0n) is 30.3. The van der Waals surface area contributed by atoms with Gasteiger partial charge in [0.2, 0.25) is 5.69 Å². The number of Topliss-reactive ketones (excluding diaryl/α,β-unsaturated/α-hetero) is 1. The molecule has 2 aliphatic heterocycles. The highest BCUT2D eigenvalue weighted by Crippen LogP contribution is 2.49. The molecule has 0 bridgehead atoms. The van der Waals surface area contributed by atoms with Crippen molar-refractivity contribution in [2.45, 2.75) is 103 Å². The van der Waals surface area contributed by atoms with Gasteiger partial charge in [-0.3, -0.25) is 9.35 Å². The van der Waals surface area contributed by atoms with Crippen LogP contribution in [0.5, 0.6) is 0 Å². The van der Waals surface area contributed by atoms with E-state index in [1.165, 1.54) is 28.6 Å². The van der Waals surface area contributed by atoms with Crippen molar-refractivity contribution in [2.75, 3.05) is 18.0 Å². The van der Waals surface area contributed by atoms with Gasteiger partial charge in [0.25, 0.3) is 10.1 Å². The smallest absolute Gasteiger partial charge is 0.294 e. The predicted octanol–water partition coefficient (Wildman–Crippen LogP) is 9.36. The van der Waals surface area contributed by atoms with Gasteiger partial charge in [-0.1, -0.05) is 95.6 Å². The lowest BCUT2D eigenvalue weighted by atomic mass is 9.81. The van der Waals surface area contributed by atoms with Crippen LogP contribution >= 0.6 is 0 Å². The quantitative estimate of drug-likeness (QED) is 0.111. The molecular weight excluding hydrogens is 629 g/mol. The Morgan fingerprint density at radius 2 is 1.55 bits per heavy atom. The van der Waals surface area contributed by atoms with Crippen molar-refractivity contribution in [1.29, 1.82) is 0 Å². The first-order chi connectivity index (χ1) is 23.0. The molecule has 260 valence electrons. The number of rotatable bonds is 13. The molecule has 0 unspecified atom stereocenters. The van der Waals surface area contributed by atoms with E-state index in [1.807, 2.05) is 26.8 Å². The van der Waals surface area contributed by atoms with Gasteiger partial charge in [-0.15, -0.1) is 0 Å². The van der Waals surface area contributed by atoms with Crippen molar-refractivity contribution in [3.8, 4) is 0 Å². The maximum atomic E-state index is 12.5. The van der Waals surface area contributed by atoms with E-state index in [0.29, 0.717) is 6.42 Å². The van der Waals surface area contributed by atoms with Crippen molar-refractivity contribution in [3.63, 3.8) is 0 Å². The number of nitrogens with zero attached hydrogens (tertiary/aromatic N) is 2. The molecule has 0 saturated heterocycles. The zero-order chi connectivity index (χ0) is 35.6. The Balaban J connectivity index is 1.45. The Kier molecular flexibility index (Phi) is 10.6. The van der Waals surface area contributed by atoms with Crippen LogP contribution in [0.1, 0.15) is 97.3 Å². The molecule has 1 N–H and O–H groups in total. The minimum absolute atomic E-state index is 0.0936. The Morgan fingerprint density at radius 3 is 2.24 bits per heavy atom. The second-order valence-electron chi connectivity index (χ2n) is 15.6. The fourth-order valence-corrected chi connectivity index (χ4v) is 7.87. The highest BCUT2D eigenvalue weighted by Gasteiger charge is 2.44. The molecule has 0 atom stereocenters. The molecule has 7 heteroatoms. The van der Waals surface area contributed by atoms with E-state index in [0.717, 1.165) is 62.1 Å². The molecule has 3 aromatic rings. The van der Waals surface area contributed by atoms with Crippen LogP contribution in [0.15, 0.2) is 102 Å². The summed E-state index contributed by atoms with van der Waals surface area (Å²) in [6.07, 6.45) is 11.8. The van der Waals surface area contributed by atoms with Crippen LogP contribution in [0.4, 0.5) is 11.4 Å². The van der Waals surface area contributed by atoms with Gasteiger partial charge in [0.15, 0.2) is 5.71 Å². The van der Waals surface area contributed by atoms with Gasteiger partial charge in [-0.2, -0.15) is 13.0 Å². The number of hydrogen-bond donors (Lipinski definition) is 1. The number of carbonyl (C=O) groups excluding carboxylic acids is 1. The normalized spacial score (nSPS) is 17.6. The summed E-state index contributed by atoms with van der Waals surface area (Å²) in [5, 5.41) is 0. The molecule has 49 heavy (non-hydrogen) atoms. The molecular formula is C42H53N2O4S+. The van der Waals surface area contributed by atoms with Crippen molar-refractivity contribution in [2.24, 2.45) is 5.41 Å². The molecule has 0 amide bonds. The number of benzene rings is 3. The van der Waals surface area contributed by atoms with Crippen LogP contribution in [-0.4, -0.2) is 42.1 Å². The summed E-state index contributed by atoms with van der Waals surface area (Å²) in [4.78, 5) is 14.7. The molecule has 0 fully saturated rings. The molecule has 2 heterocycles. The SMILES string of the molecule is CC(C)(C)C(=O)CCCCCN1/C(=C/C=C/C2=[N+](CCCc3ccccc3)c3ccccc3C2(C)C)C(C)(C)c2cc(S(=O)(=O)O)ccc21. The number of carbonyl (C=O) groups is 1. The van der Waals surface area contributed by atoms with Crippen LogP contribution in [0, 0.1) is 5.41 Å². The third kappa shape index (κ3) is 7.84. The molecule has 6 nitrogen and oxygen atoms in total. The summed E-state index contributed by atoms with van der Waals surface area (Å²) >= 11 is 0. The van der Waals surface area contributed by atoms with Gasteiger partial charge in [-0.25, -0.2) is 0 Å². The molecule has 0 radical (unpaired) electrons. The lowest BCUT2D eigenvalue weighted by Gasteiger charge is -2.27. The molecule has 5 rings (SSSR count). The highest BCUT2D eigenvalue weighted by molar-refractivity contribution is 7.85. The lowest BCUT2D eigenvalue weighted by molar-refractivity contribution is -0.438. The van der Waals surface area contributed by atoms with Gasteiger partial charge in [0.1, 0.15) is 12.3 Å².